The highest BCUT2D eigenvalue weighted by Gasteiger charge is 2.24. The van der Waals surface area contributed by atoms with E-state index in [4.69, 9.17) is 4.74 Å². The van der Waals surface area contributed by atoms with Gasteiger partial charge in [0.2, 0.25) is 0 Å². The van der Waals surface area contributed by atoms with Gasteiger partial charge in [-0.1, -0.05) is 0 Å². The molecule has 1 atom stereocenters. The number of aryl methyl sites for hydroxylation is 2. The lowest BCUT2D eigenvalue weighted by Crippen LogP contribution is -2.36. The minimum atomic E-state index is -0.305. The fraction of sp³-hybridized carbons (Fsp3) is 0.588. The smallest absolute Gasteiger partial charge is 0.341 e. The lowest BCUT2D eigenvalue weighted by atomic mass is 10.0. The van der Waals surface area contributed by atoms with Crippen molar-refractivity contribution in [2.75, 3.05) is 19.7 Å². The number of rotatable bonds is 5. The molecule has 1 fully saturated rings. The predicted octanol–water partition coefficient (Wildman–Crippen LogP) is 2.24. The number of esters is 1. The van der Waals surface area contributed by atoms with E-state index in [1.54, 1.807) is 19.3 Å². The van der Waals surface area contributed by atoms with Gasteiger partial charge in [-0.2, -0.15) is 10.2 Å². The molecule has 2 aromatic heterocycles. The second-order valence-electron chi connectivity index (χ2n) is 6.37. The van der Waals surface area contributed by atoms with Crippen LogP contribution in [0, 0.1) is 13.8 Å². The Bertz CT molecular complexity index is 686. The number of aromatic amines is 1. The zero-order valence-corrected chi connectivity index (χ0v) is 14.6. The molecule has 0 unspecified atom stereocenters. The van der Waals surface area contributed by atoms with Gasteiger partial charge in [-0.25, -0.2) is 4.79 Å². The number of likely N-dealkylation sites (tertiary alicyclic amines) is 1. The van der Waals surface area contributed by atoms with E-state index in [-0.39, 0.29) is 12.0 Å². The lowest BCUT2D eigenvalue weighted by molar-refractivity contribution is 0.0526. The second kappa shape index (κ2) is 7.17. The largest absolute Gasteiger partial charge is 0.462 e. The van der Waals surface area contributed by atoms with Gasteiger partial charge in [0.1, 0.15) is 0 Å². The molecule has 0 bridgehead atoms. The third-order valence-corrected chi connectivity index (χ3v) is 4.63. The number of nitrogens with one attached hydrogen (secondary N) is 1. The van der Waals surface area contributed by atoms with Crippen LogP contribution in [0.1, 0.15) is 53.1 Å². The Labute approximate surface area is 142 Å². The molecule has 0 amide bonds. The molecule has 0 saturated carbocycles. The van der Waals surface area contributed by atoms with Crippen LogP contribution in [-0.2, 0) is 11.3 Å². The summed E-state index contributed by atoms with van der Waals surface area (Å²) < 4.78 is 6.94. The molecule has 0 aromatic carbocycles. The third-order valence-electron chi connectivity index (χ3n) is 4.63. The number of nitrogens with zero attached hydrogens (tertiary/aromatic N) is 4. The van der Waals surface area contributed by atoms with Crippen molar-refractivity contribution >= 4 is 5.97 Å². The molecule has 1 aliphatic heterocycles. The summed E-state index contributed by atoms with van der Waals surface area (Å²) in [5, 5.41) is 11.7. The number of hydrogen-bond donors (Lipinski definition) is 1. The van der Waals surface area contributed by atoms with E-state index in [9.17, 15) is 4.79 Å². The van der Waals surface area contributed by atoms with Crippen LogP contribution in [0.15, 0.2) is 12.4 Å². The van der Waals surface area contributed by atoms with Gasteiger partial charge in [0.25, 0.3) is 0 Å². The summed E-state index contributed by atoms with van der Waals surface area (Å²) in [4.78, 5) is 14.2. The molecule has 7 nitrogen and oxygen atoms in total. The van der Waals surface area contributed by atoms with Crippen molar-refractivity contribution in [2.24, 2.45) is 0 Å². The van der Waals surface area contributed by atoms with Crippen molar-refractivity contribution < 1.29 is 9.53 Å². The number of ether oxygens (including phenoxy) is 1. The van der Waals surface area contributed by atoms with Crippen LogP contribution in [0.2, 0.25) is 0 Å². The number of aromatic nitrogens is 4. The Morgan fingerprint density at radius 3 is 3.00 bits per heavy atom. The third kappa shape index (κ3) is 3.51. The van der Waals surface area contributed by atoms with Crippen molar-refractivity contribution in [2.45, 2.75) is 46.2 Å². The van der Waals surface area contributed by atoms with E-state index < -0.39 is 0 Å². The number of carbonyl (C=O) groups excluding carboxylic acids is 1. The molecule has 24 heavy (non-hydrogen) atoms. The van der Waals surface area contributed by atoms with E-state index in [1.807, 2.05) is 11.6 Å². The second-order valence-corrected chi connectivity index (χ2v) is 6.37. The Kier molecular flexibility index (Phi) is 4.99. The Hall–Kier alpha value is -2.15. The van der Waals surface area contributed by atoms with E-state index in [1.165, 1.54) is 5.56 Å². The minimum absolute atomic E-state index is 0.287. The molecule has 0 spiro atoms. The number of hydrogen-bond acceptors (Lipinski definition) is 5. The highest BCUT2D eigenvalue weighted by atomic mass is 16.5. The van der Waals surface area contributed by atoms with Crippen LogP contribution in [0.25, 0.3) is 0 Å². The van der Waals surface area contributed by atoms with Gasteiger partial charge in [-0.05, 0) is 40.2 Å². The topological polar surface area (TPSA) is 76.0 Å². The van der Waals surface area contributed by atoms with E-state index in [0.29, 0.717) is 12.2 Å². The van der Waals surface area contributed by atoms with Gasteiger partial charge < -0.3 is 4.74 Å². The van der Waals surface area contributed by atoms with E-state index in [0.717, 1.165) is 43.9 Å². The first-order valence-corrected chi connectivity index (χ1v) is 8.52. The molecule has 3 rings (SSSR count). The maximum atomic E-state index is 11.8. The average Bonchev–Trinajstić information content (AvgIpc) is 3.18. The van der Waals surface area contributed by atoms with E-state index in [2.05, 4.69) is 27.1 Å². The summed E-state index contributed by atoms with van der Waals surface area (Å²) in [6.45, 7) is 9.19. The summed E-state index contributed by atoms with van der Waals surface area (Å²) >= 11 is 0. The van der Waals surface area contributed by atoms with Crippen molar-refractivity contribution in [3.05, 3.63) is 34.9 Å². The van der Waals surface area contributed by atoms with Gasteiger partial charge in [-0.3, -0.25) is 14.7 Å². The first-order valence-electron chi connectivity index (χ1n) is 8.52. The Balaban J connectivity index is 1.66. The Morgan fingerprint density at radius 1 is 1.46 bits per heavy atom. The average molecular weight is 331 g/mol. The van der Waals surface area contributed by atoms with Gasteiger partial charge >= 0.3 is 5.97 Å². The molecular weight excluding hydrogens is 306 g/mol. The molecule has 1 N–H and O–H groups in total. The highest BCUT2D eigenvalue weighted by Crippen LogP contribution is 2.24. The maximum Gasteiger partial charge on any atom is 0.341 e. The van der Waals surface area contributed by atoms with Crippen molar-refractivity contribution in [3.63, 3.8) is 0 Å². The maximum absolute atomic E-state index is 11.8. The number of H-pyrrole nitrogens is 1. The zero-order chi connectivity index (χ0) is 17.1. The summed E-state index contributed by atoms with van der Waals surface area (Å²) in [5.74, 6) is -0.305. The highest BCUT2D eigenvalue weighted by molar-refractivity contribution is 5.88. The molecule has 130 valence electrons. The van der Waals surface area contributed by atoms with Crippen molar-refractivity contribution in [1.29, 1.82) is 0 Å². The van der Waals surface area contributed by atoms with Crippen molar-refractivity contribution in [1.82, 2.24) is 24.9 Å². The molecule has 7 heteroatoms. The SMILES string of the molecule is CCOC(=O)c1cnn([C@H]2CCCN(Cc3c(C)n[nH]c3C)C2)c1. The van der Waals surface area contributed by atoms with Gasteiger partial charge in [-0.15, -0.1) is 0 Å². The zero-order valence-electron chi connectivity index (χ0n) is 14.6. The molecule has 3 heterocycles. The molecule has 0 aliphatic carbocycles. The summed E-state index contributed by atoms with van der Waals surface area (Å²) in [7, 11) is 0. The molecule has 1 saturated heterocycles. The van der Waals surface area contributed by atoms with Crippen LogP contribution in [0.3, 0.4) is 0 Å². The monoisotopic (exact) mass is 331 g/mol. The molecule has 2 aromatic rings. The van der Waals surface area contributed by atoms with Gasteiger partial charge in [0, 0.05) is 30.5 Å². The van der Waals surface area contributed by atoms with Gasteiger partial charge in [0.15, 0.2) is 0 Å². The van der Waals surface area contributed by atoms with Crippen molar-refractivity contribution in [3.8, 4) is 0 Å². The first-order chi connectivity index (χ1) is 11.6. The summed E-state index contributed by atoms with van der Waals surface area (Å²) in [6, 6.07) is 0.287. The standard InChI is InChI=1S/C17H25N5O2/c1-4-24-17(23)14-8-18-22(9-14)15-6-5-7-21(10-15)11-16-12(2)19-20-13(16)3/h8-9,15H,4-7,10-11H2,1-3H3,(H,19,20)/t15-/m0/s1. The first kappa shape index (κ1) is 16.7. The summed E-state index contributed by atoms with van der Waals surface area (Å²) in [6.07, 6.45) is 5.60. The molecule has 1 aliphatic rings. The van der Waals surface area contributed by atoms with E-state index >= 15 is 0 Å². The number of carbonyl (C=O) groups is 1. The normalized spacial score (nSPS) is 18.7. The van der Waals surface area contributed by atoms with Crippen LogP contribution < -0.4 is 0 Å². The molecule has 0 radical (unpaired) electrons. The van der Waals surface area contributed by atoms with Crippen LogP contribution >= 0.6 is 0 Å². The van der Waals surface area contributed by atoms with Crippen LogP contribution in [0.5, 0.6) is 0 Å². The number of piperidine rings is 1. The molecular formula is C17H25N5O2. The predicted molar refractivity (Wildman–Crippen MR) is 89.8 cm³/mol. The van der Waals surface area contributed by atoms with Gasteiger partial charge in [0.05, 0.1) is 30.1 Å². The van der Waals surface area contributed by atoms with Crippen LogP contribution in [0.4, 0.5) is 0 Å². The fourth-order valence-electron chi connectivity index (χ4n) is 3.28. The van der Waals surface area contributed by atoms with Crippen LogP contribution in [-0.4, -0.2) is 50.5 Å². The lowest BCUT2D eigenvalue weighted by Gasteiger charge is -2.32. The Morgan fingerprint density at radius 2 is 2.29 bits per heavy atom. The quantitative estimate of drug-likeness (QED) is 0.850. The minimum Gasteiger partial charge on any atom is -0.462 e. The summed E-state index contributed by atoms with van der Waals surface area (Å²) in [5.41, 5.74) is 4.01. The fourth-order valence-corrected chi connectivity index (χ4v) is 3.28.